The van der Waals surface area contributed by atoms with Crippen LogP contribution in [0, 0.1) is 0 Å². The quantitative estimate of drug-likeness (QED) is 0.147. The van der Waals surface area contributed by atoms with E-state index in [1.165, 1.54) is 97.7 Å². The lowest BCUT2D eigenvalue weighted by Gasteiger charge is -2.34. The Bertz CT molecular complexity index is 3750. The highest BCUT2D eigenvalue weighted by molar-refractivity contribution is 7.26. The highest BCUT2D eigenvalue weighted by Gasteiger charge is 2.46. The second-order valence-electron chi connectivity index (χ2n) is 17.6. The summed E-state index contributed by atoms with van der Waals surface area (Å²) >= 11 is 1.88. The van der Waals surface area contributed by atoms with Crippen LogP contribution in [0.3, 0.4) is 0 Å². The predicted molar refractivity (Wildman–Crippen MR) is 285 cm³/mol. The molecule has 0 bridgehead atoms. The lowest BCUT2D eigenvalue weighted by molar-refractivity contribution is 0.769. The highest BCUT2D eigenvalue weighted by Crippen LogP contribution is 2.57. The van der Waals surface area contributed by atoms with Gasteiger partial charge in [-0.1, -0.05) is 212 Å². The molecule has 0 saturated carbocycles. The summed E-state index contributed by atoms with van der Waals surface area (Å²) in [5.74, 6) is 0. The molecule has 1 aliphatic carbocycles. The maximum Gasteiger partial charge on any atom is 0.0713 e. The van der Waals surface area contributed by atoms with Crippen LogP contribution >= 0.6 is 11.3 Å². The van der Waals surface area contributed by atoms with E-state index in [9.17, 15) is 0 Å². The number of hydrogen-bond donors (Lipinski definition) is 0. The molecule has 0 atom stereocenters. The number of benzene rings is 11. The summed E-state index contributed by atoms with van der Waals surface area (Å²) in [6.45, 7) is 0. The summed E-state index contributed by atoms with van der Waals surface area (Å²) in [5.41, 5.74) is 17.8. The van der Waals surface area contributed by atoms with Gasteiger partial charge in [-0.15, -0.1) is 11.3 Å². The van der Waals surface area contributed by atoms with Gasteiger partial charge in [-0.25, -0.2) is 0 Å². The van der Waals surface area contributed by atoms with Crippen molar-refractivity contribution in [1.82, 2.24) is 0 Å². The first-order chi connectivity index (χ1) is 33.2. The van der Waals surface area contributed by atoms with Crippen LogP contribution in [0.5, 0.6) is 0 Å². The van der Waals surface area contributed by atoms with E-state index in [1.54, 1.807) is 0 Å². The monoisotopic (exact) mass is 869 g/mol. The summed E-state index contributed by atoms with van der Waals surface area (Å²) in [6.07, 6.45) is 0. The molecule has 0 radical (unpaired) electrons. The van der Waals surface area contributed by atoms with E-state index < -0.39 is 5.41 Å². The van der Waals surface area contributed by atoms with Crippen LogP contribution < -0.4 is 4.90 Å². The molecular weight excluding hydrogens is 827 g/mol. The Balaban J connectivity index is 0.932. The Kier molecular flexibility index (Phi) is 9.33. The number of nitrogens with zero attached hydrogens (tertiary/aromatic N) is 1. The van der Waals surface area contributed by atoms with Crippen LogP contribution in [0.4, 0.5) is 17.1 Å². The minimum Gasteiger partial charge on any atom is -0.310 e. The zero-order valence-electron chi connectivity index (χ0n) is 36.7. The molecular formula is C65H43NS. The van der Waals surface area contributed by atoms with Crippen molar-refractivity contribution in [1.29, 1.82) is 0 Å². The number of fused-ring (bicyclic) bond motifs is 7. The largest absolute Gasteiger partial charge is 0.310 e. The standard InChI is InChI=1S/C65H43NS/c1-3-19-49(20-4-1)65(50-21-5-2-6-22-50)61-30-11-9-25-57(61)58-41-36-47(43-62(58)65)44-32-37-51(38-33-44)66(53-23-13-18-48(42-53)55-27-14-17-45-16-7-8-24-54(45)55)52-39-34-46(35-40-52)56-28-15-29-60-59-26-10-12-31-63(59)67-64(56)60/h1-43H. The predicted octanol–water partition coefficient (Wildman–Crippen LogP) is 18.0. The van der Waals surface area contributed by atoms with Crippen molar-refractivity contribution in [2.24, 2.45) is 0 Å². The molecule has 0 unspecified atom stereocenters. The average Bonchev–Trinajstić information content (AvgIpc) is 3.93. The van der Waals surface area contributed by atoms with Crippen molar-refractivity contribution in [3.05, 3.63) is 283 Å². The molecule has 11 aromatic carbocycles. The van der Waals surface area contributed by atoms with E-state index >= 15 is 0 Å². The molecule has 13 rings (SSSR count). The Morgan fingerprint density at radius 3 is 1.63 bits per heavy atom. The van der Waals surface area contributed by atoms with Crippen LogP contribution in [0.1, 0.15) is 22.3 Å². The molecule has 1 aliphatic rings. The van der Waals surface area contributed by atoms with Crippen molar-refractivity contribution >= 4 is 59.3 Å². The molecule has 1 nitrogen and oxygen atoms in total. The fourth-order valence-electron chi connectivity index (χ4n) is 10.9. The van der Waals surface area contributed by atoms with E-state index in [0.29, 0.717) is 0 Å². The van der Waals surface area contributed by atoms with Crippen molar-refractivity contribution < 1.29 is 0 Å². The first-order valence-electron chi connectivity index (χ1n) is 23.1. The van der Waals surface area contributed by atoms with E-state index in [-0.39, 0.29) is 0 Å². The van der Waals surface area contributed by atoms with Crippen LogP contribution in [0.2, 0.25) is 0 Å². The number of hydrogen-bond acceptors (Lipinski definition) is 2. The summed E-state index contributed by atoms with van der Waals surface area (Å²) in [5, 5.41) is 5.12. The molecule has 1 aromatic heterocycles. The van der Waals surface area contributed by atoms with Gasteiger partial charge in [-0.3, -0.25) is 0 Å². The minimum atomic E-state index is -0.453. The summed E-state index contributed by atoms with van der Waals surface area (Å²) < 4.78 is 2.64. The lowest BCUT2D eigenvalue weighted by Crippen LogP contribution is -2.28. The summed E-state index contributed by atoms with van der Waals surface area (Å²) in [4.78, 5) is 2.40. The second kappa shape index (κ2) is 16.0. The molecule has 0 saturated heterocycles. The second-order valence-corrected chi connectivity index (χ2v) is 18.6. The zero-order chi connectivity index (χ0) is 44.3. The summed E-state index contributed by atoms with van der Waals surface area (Å²) in [7, 11) is 0. The minimum absolute atomic E-state index is 0.453. The Labute approximate surface area is 395 Å². The number of rotatable bonds is 8. The van der Waals surface area contributed by atoms with E-state index in [4.69, 9.17) is 0 Å². The third kappa shape index (κ3) is 6.37. The van der Waals surface area contributed by atoms with Gasteiger partial charge in [-0.2, -0.15) is 0 Å². The van der Waals surface area contributed by atoms with Crippen molar-refractivity contribution in [3.63, 3.8) is 0 Å². The molecule has 0 amide bonds. The third-order valence-corrected chi connectivity index (χ3v) is 15.2. The maximum atomic E-state index is 2.45. The van der Waals surface area contributed by atoms with E-state index in [1.807, 2.05) is 11.3 Å². The molecule has 12 aromatic rings. The molecule has 314 valence electrons. The van der Waals surface area contributed by atoms with Gasteiger partial charge in [0.2, 0.25) is 0 Å². The molecule has 0 fully saturated rings. The summed E-state index contributed by atoms with van der Waals surface area (Å²) in [6, 6.07) is 96.2. The van der Waals surface area contributed by atoms with Gasteiger partial charge in [0.15, 0.2) is 0 Å². The Morgan fingerprint density at radius 2 is 0.851 bits per heavy atom. The zero-order valence-corrected chi connectivity index (χ0v) is 37.5. The number of anilines is 3. The fraction of sp³-hybridized carbons (Fsp3) is 0.0154. The van der Waals surface area contributed by atoms with Gasteiger partial charge in [0.05, 0.1) is 5.41 Å². The number of thiophene rings is 1. The highest BCUT2D eigenvalue weighted by atomic mass is 32.1. The van der Waals surface area contributed by atoms with Gasteiger partial charge in [-0.05, 0) is 126 Å². The van der Waals surface area contributed by atoms with E-state index in [0.717, 1.165) is 17.1 Å². The van der Waals surface area contributed by atoms with E-state index in [2.05, 4.69) is 266 Å². The Morgan fingerprint density at radius 1 is 0.299 bits per heavy atom. The van der Waals surface area contributed by atoms with Crippen LogP contribution in [0.25, 0.3) is 75.5 Å². The topological polar surface area (TPSA) is 3.24 Å². The molecule has 0 N–H and O–H groups in total. The fourth-order valence-corrected chi connectivity index (χ4v) is 12.2. The molecule has 0 spiro atoms. The van der Waals surface area contributed by atoms with Crippen molar-refractivity contribution in [2.75, 3.05) is 4.90 Å². The first-order valence-corrected chi connectivity index (χ1v) is 23.9. The van der Waals surface area contributed by atoms with Gasteiger partial charge in [0, 0.05) is 37.2 Å². The lowest BCUT2D eigenvalue weighted by atomic mass is 9.67. The molecule has 2 heteroatoms. The van der Waals surface area contributed by atoms with Crippen LogP contribution in [0.15, 0.2) is 261 Å². The molecule has 0 aliphatic heterocycles. The van der Waals surface area contributed by atoms with Crippen molar-refractivity contribution in [2.45, 2.75) is 5.41 Å². The third-order valence-electron chi connectivity index (χ3n) is 14.0. The first kappa shape index (κ1) is 39.1. The van der Waals surface area contributed by atoms with Gasteiger partial charge in [0.1, 0.15) is 0 Å². The normalized spacial score (nSPS) is 12.6. The van der Waals surface area contributed by atoms with Crippen LogP contribution in [-0.4, -0.2) is 0 Å². The smallest absolute Gasteiger partial charge is 0.0713 e. The Hall–Kier alpha value is -8.30. The van der Waals surface area contributed by atoms with Crippen molar-refractivity contribution in [3.8, 4) is 44.5 Å². The molecule has 67 heavy (non-hydrogen) atoms. The molecule has 1 heterocycles. The van der Waals surface area contributed by atoms with Gasteiger partial charge in [0.25, 0.3) is 0 Å². The van der Waals surface area contributed by atoms with Crippen LogP contribution in [-0.2, 0) is 5.41 Å². The maximum absolute atomic E-state index is 2.45. The average molecular weight is 870 g/mol. The van der Waals surface area contributed by atoms with Gasteiger partial charge >= 0.3 is 0 Å². The SMILES string of the molecule is c1ccc(C2(c3ccccc3)c3ccccc3-c3ccc(-c4ccc(N(c5ccc(-c6cccc7c6sc6ccccc67)cc5)c5cccc(-c6cccc7ccccc67)c5)cc4)cc32)cc1. The van der Waals surface area contributed by atoms with Gasteiger partial charge < -0.3 is 4.90 Å².